The Morgan fingerprint density at radius 1 is 0.421 bits per heavy atom. The molecule has 0 bridgehead atoms. The average molecular weight is 747 g/mol. The third-order valence-corrected chi connectivity index (χ3v) is 12.3. The Kier molecular flexibility index (Phi) is 7.03. The van der Waals surface area contributed by atoms with E-state index in [1.807, 2.05) is 72.0 Å². The molecule has 0 aliphatic carbocycles. The summed E-state index contributed by atoms with van der Waals surface area (Å²) in [6.07, 6.45) is 0. The van der Waals surface area contributed by atoms with E-state index >= 15 is 0 Å². The van der Waals surface area contributed by atoms with Crippen molar-refractivity contribution < 1.29 is 4.42 Å². The van der Waals surface area contributed by atoms with Gasteiger partial charge in [-0.2, -0.15) is 0 Å². The second-order valence-electron chi connectivity index (χ2n) is 14.4. The lowest BCUT2D eigenvalue weighted by Crippen LogP contribution is -2.00. The van der Waals surface area contributed by atoms with Gasteiger partial charge < -0.3 is 8.98 Å². The van der Waals surface area contributed by atoms with Crippen LogP contribution in [0.1, 0.15) is 0 Å². The SMILES string of the molecule is c1ccc(-c2nc(-c3ccccc3)nc(-c3ccc4c(c3)oc3c(-c5ccc6c(c5)c5c7sc8ccccc8c7ccc5n6-c5ccccc5)cccc34)n2)cc1. The molecule has 4 heterocycles. The number of hydrogen-bond donors (Lipinski definition) is 0. The van der Waals surface area contributed by atoms with E-state index in [9.17, 15) is 0 Å². The zero-order valence-electron chi connectivity index (χ0n) is 30.4. The summed E-state index contributed by atoms with van der Waals surface area (Å²) in [5, 5.41) is 7.20. The number of rotatable bonds is 5. The summed E-state index contributed by atoms with van der Waals surface area (Å²) in [6.45, 7) is 0. The first-order valence-electron chi connectivity index (χ1n) is 19.0. The van der Waals surface area contributed by atoms with Gasteiger partial charge in [0.25, 0.3) is 0 Å². The molecule has 12 rings (SSSR count). The van der Waals surface area contributed by atoms with Crippen LogP contribution in [-0.2, 0) is 0 Å². The lowest BCUT2D eigenvalue weighted by Gasteiger charge is -2.08. The van der Waals surface area contributed by atoms with Gasteiger partial charge in [0.2, 0.25) is 0 Å². The highest BCUT2D eigenvalue weighted by Crippen LogP contribution is 2.45. The molecule has 0 aliphatic rings. The maximum Gasteiger partial charge on any atom is 0.164 e. The first-order chi connectivity index (χ1) is 28.2. The lowest BCUT2D eigenvalue weighted by molar-refractivity contribution is 0.670. The molecular formula is C51H30N4OS. The molecule has 8 aromatic carbocycles. The molecule has 0 N–H and O–H groups in total. The van der Waals surface area contributed by atoms with Gasteiger partial charge in [-0.15, -0.1) is 11.3 Å². The van der Waals surface area contributed by atoms with Crippen LogP contribution in [-0.4, -0.2) is 19.5 Å². The standard InChI is InChI=1S/C51H30N4OS/c1-4-13-31(14-5-1)49-52-50(32-15-6-2-7-16-32)54-51(53-49)34-23-25-37-39-21-12-20-36(47(39)56-44(37)30-34)33-24-27-42-41(29-33)46-43(55(42)35-17-8-3-9-18-35)28-26-40-38-19-10-11-22-45(38)57-48(40)46/h1-30H. The molecule has 0 aliphatic heterocycles. The van der Waals surface area contributed by atoms with Crippen molar-refractivity contribution in [2.24, 2.45) is 0 Å². The Balaban J connectivity index is 1.04. The van der Waals surface area contributed by atoms with Crippen LogP contribution in [0.2, 0.25) is 0 Å². The fourth-order valence-corrected chi connectivity index (χ4v) is 9.67. The second-order valence-corrected chi connectivity index (χ2v) is 15.4. The molecule has 0 fully saturated rings. The number of para-hydroxylation sites is 2. The largest absolute Gasteiger partial charge is 0.455 e. The molecule has 0 spiro atoms. The Hall–Kier alpha value is -7.41. The average Bonchev–Trinajstić information content (AvgIpc) is 3.96. The topological polar surface area (TPSA) is 56.7 Å². The molecule has 0 saturated heterocycles. The number of thiophene rings is 1. The number of aromatic nitrogens is 4. The lowest BCUT2D eigenvalue weighted by atomic mass is 9.99. The van der Waals surface area contributed by atoms with E-state index in [4.69, 9.17) is 19.4 Å². The highest BCUT2D eigenvalue weighted by Gasteiger charge is 2.20. The molecule has 5 nitrogen and oxygen atoms in total. The zero-order valence-corrected chi connectivity index (χ0v) is 31.2. The van der Waals surface area contributed by atoms with Crippen LogP contribution in [0.15, 0.2) is 186 Å². The third kappa shape index (κ3) is 5.04. The number of benzene rings is 8. The van der Waals surface area contributed by atoms with E-state index in [1.165, 1.54) is 42.0 Å². The highest BCUT2D eigenvalue weighted by molar-refractivity contribution is 7.26. The van der Waals surface area contributed by atoms with Crippen LogP contribution in [0.5, 0.6) is 0 Å². The van der Waals surface area contributed by atoms with E-state index in [0.29, 0.717) is 17.5 Å². The molecule has 0 unspecified atom stereocenters. The molecule has 4 aromatic heterocycles. The predicted molar refractivity (Wildman–Crippen MR) is 236 cm³/mol. The molecule has 12 aromatic rings. The maximum absolute atomic E-state index is 6.84. The number of nitrogens with zero attached hydrogens (tertiary/aromatic N) is 4. The van der Waals surface area contributed by atoms with Crippen LogP contribution in [0.4, 0.5) is 0 Å². The van der Waals surface area contributed by atoms with E-state index in [2.05, 4.69) is 126 Å². The minimum Gasteiger partial charge on any atom is -0.455 e. The monoisotopic (exact) mass is 746 g/mol. The number of hydrogen-bond acceptors (Lipinski definition) is 5. The molecule has 0 radical (unpaired) electrons. The van der Waals surface area contributed by atoms with Gasteiger partial charge in [0, 0.05) is 69.7 Å². The van der Waals surface area contributed by atoms with Crippen molar-refractivity contribution in [3.05, 3.63) is 182 Å². The normalized spacial score (nSPS) is 11.9. The molecule has 0 saturated carbocycles. The Morgan fingerprint density at radius 3 is 1.79 bits per heavy atom. The molecule has 57 heavy (non-hydrogen) atoms. The van der Waals surface area contributed by atoms with Crippen molar-refractivity contribution in [3.63, 3.8) is 0 Å². The van der Waals surface area contributed by atoms with E-state index in [1.54, 1.807) is 0 Å². The molecular weight excluding hydrogens is 717 g/mol. The Bertz CT molecular complexity index is 3460. The summed E-state index contributed by atoms with van der Waals surface area (Å²) < 4.78 is 11.8. The summed E-state index contributed by atoms with van der Waals surface area (Å²) in [4.78, 5) is 14.8. The Labute approximate surface area is 330 Å². The van der Waals surface area contributed by atoms with E-state index in [0.717, 1.165) is 55.4 Å². The molecule has 0 atom stereocenters. The van der Waals surface area contributed by atoms with Crippen LogP contribution >= 0.6 is 11.3 Å². The summed E-state index contributed by atoms with van der Waals surface area (Å²) in [7, 11) is 0. The van der Waals surface area contributed by atoms with E-state index in [-0.39, 0.29) is 0 Å². The fraction of sp³-hybridized carbons (Fsp3) is 0. The minimum absolute atomic E-state index is 0.595. The zero-order chi connectivity index (χ0) is 37.5. The summed E-state index contributed by atoms with van der Waals surface area (Å²) >= 11 is 1.87. The second kappa shape index (κ2) is 12.6. The van der Waals surface area contributed by atoms with Crippen molar-refractivity contribution in [2.45, 2.75) is 0 Å². The Morgan fingerprint density at radius 2 is 1.04 bits per heavy atom. The molecule has 0 amide bonds. The van der Waals surface area contributed by atoms with Crippen LogP contribution in [0.3, 0.4) is 0 Å². The van der Waals surface area contributed by atoms with Crippen molar-refractivity contribution in [1.82, 2.24) is 19.5 Å². The van der Waals surface area contributed by atoms with Gasteiger partial charge in [0.05, 0.1) is 11.0 Å². The van der Waals surface area contributed by atoms with Crippen LogP contribution in [0.25, 0.3) is 115 Å². The summed E-state index contributed by atoms with van der Waals surface area (Å²) in [6, 6.07) is 63.7. The van der Waals surface area contributed by atoms with Gasteiger partial charge in [-0.05, 0) is 54.1 Å². The van der Waals surface area contributed by atoms with Crippen molar-refractivity contribution in [1.29, 1.82) is 0 Å². The van der Waals surface area contributed by atoms with Crippen molar-refractivity contribution in [3.8, 4) is 51.0 Å². The van der Waals surface area contributed by atoms with Gasteiger partial charge in [0.1, 0.15) is 11.2 Å². The van der Waals surface area contributed by atoms with Gasteiger partial charge in [-0.25, -0.2) is 15.0 Å². The quantitative estimate of drug-likeness (QED) is 0.176. The maximum atomic E-state index is 6.84. The van der Waals surface area contributed by atoms with E-state index < -0.39 is 0 Å². The first kappa shape index (κ1) is 31.9. The van der Waals surface area contributed by atoms with Crippen LogP contribution in [0, 0.1) is 0 Å². The third-order valence-electron chi connectivity index (χ3n) is 11.1. The van der Waals surface area contributed by atoms with Crippen molar-refractivity contribution in [2.75, 3.05) is 0 Å². The van der Waals surface area contributed by atoms with Gasteiger partial charge in [-0.3, -0.25) is 0 Å². The summed E-state index contributed by atoms with van der Waals surface area (Å²) in [5.41, 5.74) is 10.0. The minimum atomic E-state index is 0.595. The fourth-order valence-electron chi connectivity index (χ4n) is 8.41. The number of fused-ring (bicyclic) bond motifs is 10. The summed E-state index contributed by atoms with van der Waals surface area (Å²) in [5.74, 6) is 1.85. The molecule has 6 heteroatoms. The van der Waals surface area contributed by atoms with Crippen molar-refractivity contribution >= 4 is 75.3 Å². The van der Waals surface area contributed by atoms with Crippen LogP contribution < -0.4 is 0 Å². The highest BCUT2D eigenvalue weighted by atomic mass is 32.1. The van der Waals surface area contributed by atoms with Gasteiger partial charge in [-0.1, -0.05) is 133 Å². The van der Waals surface area contributed by atoms with Gasteiger partial charge in [0.15, 0.2) is 17.5 Å². The first-order valence-corrected chi connectivity index (χ1v) is 19.8. The smallest absolute Gasteiger partial charge is 0.164 e. The van der Waals surface area contributed by atoms with Gasteiger partial charge >= 0.3 is 0 Å². The predicted octanol–water partition coefficient (Wildman–Crippen LogP) is 13.9. The molecule has 266 valence electrons. The number of furan rings is 1.